The number of carbonyl (C=O) groups excluding carboxylic acids is 2. The zero-order valence-corrected chi connectivity index (χ0v) is 17.6. The van der Waals surface area contributed by atoms with Gasteiger partial charge in [-0.2, -0.15) is 0 Å². The molecule has 0 saturated carbocycles. The quantitative estimate of drug-likeness (QED) is 0.659. The minimum Gasteiger partial charge on any atom is -0.496 e. The molecule has 1 aliphatic rings. The largest absolute Gasteiger partial charge is 0.496 e. The minimum atomic E-state index is -0.355. The number of carbonyl (C=O) groups is 2. The number of thioether (sulfide) groups is 1. The summed E-state index contributed by atoms with van der Waals surface area (Å²) in [5, 5.41) is 6.75. The summed E-state index contributed by atoms with van der Waals surface area (Å²) in [6, 6.07) is 15.1. The molecule has 2 aromatic carbocycles. The van der Waals surface area contributed by atoms with E-state index in [-0.39, 0.29) is 24.1 Å². The van der Waals surface area contributed by atoms with Crippen LogP contribution < -0.4 is 15.4 Å². The predicted molar refractivity (Wildman–Crippen MR) is 119 cm³/mol. The maximum Gasteiger partial charge on any atom is 0.311 e. The van der Waals surface area contributed by atoms with Crippen LogP contribution in [0.5, 0.6) is 5.75 Å². The zero-order valence-electron chi connectivity index (χ0n) is 16.8. The molecule has 1 heterocycles. The number of hydrogen-bond donors (Lipinski definition) is 2. The van der Waals surface area contributed by atoms with Gasteiger partial charge >= 0.3 is 5.97 Å². The van der Waals surface area contributed by atoms with Crippen LogP contribution in [-0.2, 0) is 20.9 Å². The van der Waals surface area contributed by atoms with E-state index in [9.17, 15) is 9.59 Å². The lowest BCUT2D eigenvalue weighted by Gasteiger charge is -2.10. The van der Waals surface area contributed by atoms with Crippen molar-refractivity contribution >= 4 is 40.1 Å². The van der Waals surface area contributed by atoms with Gasteiger partial charge in [0.05, 0.1) is 42.8 Å². The van der Waals surface area contributed by atoms with E-state index in [2.05, 4.69) is 15.6 Å². The molecule has 3 rings (SSSR count). The average Bonchev–Trinajstić information content (AvgIpc) is 2.94. The van der Waals surface area contributed by atoms with Crippen LogP contribution in [0.3, 0.4) is 0 Å². The number of methoxy groups -OCH3 is 2. The Hall–Kier alpha value is -3.26. The number of nitrogens with one attached hydrogen (secondary N) is 2. The van der Waals surface area contributed by atoms with Gasteiger partial charge < -0.3 is 20.1 Å². The maximum absolute atomic E-state index is 12.4. The maximum atomic E-state index is 12.4. The molecule has 1 aliphatic heterocycles. The SMILES string of the molecule is COC(=O)CC1=CC(SCC(=O)NCc2ccccc2OC)=Nc2ccccc2N1. The number of ether oxygens (including phenoxy) is 2. The van der Waals surface area contributed by atoms with E-state index in [1.165, 1.54) is 18.9 Å². The smallest absolute Gasteiger partial charge is 0.311 e. The highest BCUT2D eigenvalue weighted by Gasteiger charge is 2.15. The van der Waals surface area contributed by atoms with Crippen LogP contribution in [0.2, 0.25) is 0 Å². The van der Waals surface area contributed by atoms with Gasteiger partial charge in [-0.3, -0.25) is 9.59 Å². The number of rotatable bonds is 7. The predicted octanol–water partition coefficient (Wildman–Crippen LogP) is 3.65. The number of aliphatic imine (C=N–C) groups is 1. The summed E-state index contributed by atoms with van der Waals surface area (Å²) >= 11 is 1.30. The number of hydrogen-bond acceptors (Lipinski definition) is 7. The van der Waals surface area contributed by atoms with E-state index in [0.29, 0.717) is 17.3 Å². The van der Waals surface area contributed by atoms with Gasteiger partial charge in [-0.1, -0.05) is 42.1 Å². The Morgan fingerprint density at radius 2 is 1.87 bits per heavy atom. The van der Waals surface area contributed by atoms with Crippen LogP contribution in [0.1, 0.15) is 12.0 Å². The second kappa shape index (κ2) is 10.5. The number of para-hydroxylation sites is 3. The molecule has 7 nitrogen and oxygen atoms in total. The summed E-state index contributed by atoms with van der Waals surface area (Å²) < 4.78 is 10.1. The van der Waals surface area contributed by atoms with Crippen molar-refractivity contribution in [2.45, 2.75) is 13.0 Å². The van der Waals surface area contributed by atoms with E-state index < -0.39 is 0 Å². The van der Waals surface area contributed by atoms with Gasteiger partial charge in [0.2, 0.25) is 5.91 Å². The van der Waals surface area contributed by atoms with Crippen molar-refractivity contribution < 1.29 is 19.1 Å². The molecule has 0 aliphatic carbocycles. The molecule has 0 atom stereocenters. The van der Waals surface area contributed by atoms with Crippen molar-refractivity contribution in [3.05, 3.63) is 65.9 Å². The Kier molecular flexibility index (Phi) is 7.51. The Balaban J connectivity index is 1.65. The summed E-state index contributed by atoms with van der Waals surface area (Å²) in [7, 11) is 2.95. The first-order chi connectivity index (χ1) is 14.6. The van der Waals surface area contributed by atoms with Gasteiger partial charge in [-0.05, 0) is 24.3 Å². The third-order valence-corrected chi connectivity index (χ3v) is 5.22. The molecule has 0 fully saturated rings. The number of fused-ring (bicyclic) bond motifs is 1. The molecule has 1 amide bonds. The summed E-state index contributed by atoms with van der Waals surface area (Å²) in [6.07, 6.45) is 1.86. The summed E-state index contributed by atoms with van der Waals surface area (Å²) in [5.41, 5.74) is 3.10. The van der Waals surface area contributed by atoms with Crippen LogP contribution in [0, 0.1) is 0 Å². The number of esters is 1. The van der Waals surface area contributed by atoms with E-state index in [0.717, 1.165) is 22.7 Å². The van der Waals surface area contributed by atoms with Crippen LogP contribution >= 0.6 is 11.8 Å². The standard InChI is InChI=1S/C22H23N3O4S/c1-28-19-10-6-3-7-15(19)13-23-20(26)14-30-21-11-16(12-22(27)29-2)24-17-8-4-5-9-18(17)25-21/h3-11,24H,12-14H2,1-2H3,(H,23,26). The lowest BCUT2D eigenvalue weighted by Crippen LogP contribution is -2.25. The molecule has 0 spiro atoms. The fourth-order valence-electron chi connectivity index (χ4n) is 2.82. The average molecular weight is 426 g/mol. The molecule has 0 bridgehead atoms. The highest BCUT2D eigenvalue weighted by Crippen LogP contribution is 2.31. The van der Waals surface area contributed by atoms with E-state index in [1.807, 2.05) is 48.5 Å². The third kappa shape index (κ3) is 5.87. The molecule has 156 valence electrons. The summed E-state index contributed by atoms with van der Waals surface area (Å²) in [6.45, 7) is 0.379. The normalized spacial score (nSPS) is 12.5. The van der Waals surface area contributed by atoms with Gasteiger partial charge in [0.1, 0.15) is 5.75 Å². The molecule has 2 aromatic rings. The Labute approximate surface area is 179 Å². The van der Waals surface area contributed by atoms with Crippen LogP contribution in [0.25, 0.3) is 0 Å². The number of amides is 1. The van der Waals surface area contributed by atoms with Gasteiger partial charge in [0.15, 0.2) is 0 Å². The number of nitrogens with zero attached hydrogens (tertiary/aromatic N) is 1. The summed E-state index contributed by atoms with van der Waals surface area (Å²) in [4.78, 5) is 28.7. The molecule has 2 N–H and O–H groups in total. The Bertz CT molecular complexity index is 988. The molecule has 0 unspecified atom stereocenters. The van der Waals surface area contributed by atoms with E-state index >= 15 is 0 Å². The molecular weight excluding hydrogens is 402 g/mol. The fraction of sp³-hybridized carbons (Fsp3) is 0.227. The number of anilines is 1. The summed E-state index contributed by atoms with van der Waals surface area (Å²) in [5.74, 6) is 0.448. The first-order valence-corrected chi connectivity index (χ1v) is 10.3. The minimum absolute atomic E-state index is 0.0877. The van der Waals surface area contributed by atoms with Crippen molar-refractivity contribution in [3.63, 3.8) is 0 Å². The second-order valence-electron chi connectivity index (χ2n) is 6.39. The fourth-order valence-corrected chi connectivity index (χ4v) is 3.59. The Morgan fingerprint density at radius 3 is 2.67 bits per heavy atom. The molecule has 0 aromatic heterocycles. The lowest BCUT2D eigenvalue weighted by molar-refractivity contribution is -0.139. The van der Waals surface area contributed by atoms with Crippen molar-refractivity contribution in [1.82, 2.24) is 5.32 Å². The van der Waals surface area contributed by atoms with Crippen molar-refractivity contribution in [1.29, 1.82) is 0 Å². The molecule has 0 saturated heterocycles. The van der Waals surface area contributed by atoms with Crippen LogP contribution in [0.4, 0.5) is 11.4 Å². The van der Waals surface area contributed by atoms with E-state index in [4.69, 9.17) is 9.47 Å². The monoisotopic (exact) mass is 425 g/mol. The molecule has 8 heteroatoms. The lowest BCUT2D eigenvalue weighted by atomic mass is 10.2. The number of benzene rings is 2. The highest BCUT2D eigenvalue weighted by molar-refractivity contribution is 8.14. The molecule has 30 heavy (non-hydrogen) atoms. The zero-order chi connectivity index (χ0) is 21.3. The van der Waals surface area contributed by atoms with Gasteiger partial charge in [-0.25, -0.2) is 4.99 Å². The van der Waals surface area contributed by atoms with E-state index in [1.54, 1.807) is 13.2 Å². The molecular formula is C22H23N3O4S. The highest BCUT2D eigenvalue weighted by atomic mass is 32.2. The topological polar surface area (TPSA) is 89.0 Å². The van der Waals surface area contributed by atoms with Crippen molar-refractivity contribution in [3.8, 4) is 5.75 Å². The van der Waals surface area contributed by atoms with Crippen molar-refractivity contribution in [2.75, 3.05) is 25.3 Å². The second-order valence-corrected chi connectivity index (χ2v) is 7.39. The van der Waals surface area contributed by atoms with Gasteiger partial charge in [0, 0.05) is 17.8 Å². The van der Waals surface area contributed by atoms with Gasteiger partial charge in [0.25, 0.3) is 0 Å². The first kappa shape index (κ1) is 21.4. The first-order valence-electron chi connectivity index (χ1n) is 9.32. The van der Waals surface area contributed by atoms with Gasteiger partial charge in [-0.15, -0.1) is 0 Å². The third-order valence-electron chi connectivity index (χ3n) is 4.31. The molecule has 0 radical (unpaired) electrons. The van der Waals surface area contributed by atoms with Crippen molar-refractivity contribution in [2.24, 2.45) is 4.99 Å². The van der Waals surface area contributed by atoms with Crippen LogP contribution in [-0.4, -0.2) is 36.9 Å². The van der Waals surface area contributed by atoms with Crippen LogP contribution in [0.15, 0.2) is 65.3 Å². The Morgan fingerprint density at radius 1 is 1.10 bits per heavy atom.